The summed E-state index contributed by atoms with van der Waals surface area (Å²) in [5, 5.41) is 8.44. The van der Waals surface area contributed by atoms with Gasteiger partial charge in [-0.15, -0.1) is 0 Å². The smallest absolute Gasteiger partial charge is 0.102 e. The Morgan fingerprint density at radius 2 is 2.08 bits per heavy atom. The molecular formula is C10H12N2S. The minimum absolute atomic E-state index is 0.339. The van der Waals surface area contributed by atoms with Gasteiger partial charge < -0.3 is 5.73 Å². The van der Waals surface area contributed by atoms with Gasteiger partial charge in [-0.3, -0.25) is 0 Å². The van der Waals surface area contributed by atoms with Gasteiger partial charge in [0.1, 0.15) is 6.04 Å². The van der Waals surface area contributed by atoms with Gasteiger partial charge in [0.05, 0.1) is 6.07 Å². The predicted octanol–water partition coefficient (Wildman–Crippen LogP) is 1.77. The van der Waals surface area contributed by atoms with Crippen molar-refractivity contribution < 1.29 is 0 Å². The lowest BCUT2D eigenvalue weighted by atomic mass is 10.2. The molecule has 0 fully saturated rings. The first kappa shape index (κ1) is 10.1. The molecule has 0 saturated heterocycles. The second-order valence-corrected chi connectivity index (χ2v) is 3.77. The summed E-state index contributed by atoms with van der Waals surface area (Å²) < 4.78 is 0. The molecule has 68 valence electrons. The molecule has 1 unspecified atom stereocenters. The first-order chi connectivity index (χ1) is 6.33. The molecule has 0 spiro atoms. The van der Waals surface area contributed by atoms with Gasteiger partial charge in [0.2, 0.25) is 0 Å². The molecule has 2 N–H and O–H groups in total. The number of hydrogen-bond acceptors (Lipinski definition) is 3. The van der Waals surface area contributed by atoms with E-state index >= 15 is 0 Å². The maximum atomic E-state index is 8.44. The Bertz CT molecular complexity index is 279. The highest BCUT2D eigenvalue weighted by Gasteiger charge is 1.99. The van der Waals surface area contributed by atoms with Gasteiger partial charge in [0, 0.05) is 11.5 Å². The van der Waals surface area contributed by atoms with Gasteiger partial charge in [-0.2, -0.15) is 17.0 Å². The maximum absolute atomic E-state index is 8.44. The monoisotopic (exact) mass is 192 g/mol. The van der Waals surface area contributed by atoms with Crippen molar-refractivity contribution in [3.63, 3.8) is 0 Å². The van der Waals surface area contributed by atoms with Gasteiger partial charge in [-0.1, -0.05) is 30.3 Å². The molecule has 0 aliphatic heterocycles. The normalized spacial score (nSPS) is 12.0. The molecule has 0 amide bonds. The number of rotatable bonds is 4. The van der Waals surface area contributed by atoms with E-state index in [1.165, 1.54) is 5.56 Å². The molecule has 3 heteroatoms. The molecule has 0 aromatic heterocycles. The first-order valence-corrected chi connectivity index (χ1v) is 5.25. The van der Waals surface area contributed by atoms with E-state index in [2.05, 4.69) is 12.1 Å². The van der Waals surface area contributed by atoms with Gasteiger partial charge in [-0.05, 0) is 5.56 Å². The fourth-order valence-electron chi connectivity index (χ4n) is 0.915. The Hall–Kier alpha value is -0.980. The molecule has 0 aliphatic rings. The van der Waals surface area contributed by atoms with Crippen LogP contribution in [0, 0.1) is 11.3 Å². The van der Waals surface area contributed by atoms with Crippen LogP contribution in [0.1, 0.15) is 5.56 Å². The van der Waals surface area contributed by atoms with Gasteiger partial charge >= 0.3 is 0 Å². The number of nitriles is 1. The van der Waals surface area contributed by atoms with E-state index in [9.17, 15) is 0 Å². The summed E-state index contributed by atoms with van der Waals surface area (Å²) >= 11 is 1.69. The number of nitrogens with two attached hydrogens (primary N) is 1. The van der Waals surface area contributed by atoms with Crippen LogP contribution in [-0.4, -0.2) is 11.8 Å². The lowest BCUT2D eigenvalue weighted by molar-refractivity contribution is 0.953. The summed E-state index contributed by atoms with van der Waals surface area (Å²) in [6, 6.07) is 11.8. The van der Waals surface area contributed by atoms with Crippen LogP contribution in [0.3, 0.4) is 0 Å². The van der Waals surface area contributed by atoms with Crippen molar-refractivity contribution in [2.75, 3.05) is 5.75 Å². The molecule has 0 aliphatic carbocycles. The van der Waals surface area contributed by atoms with Crippen LogP contribution in [0.2, 0.25) is 0 Å². The summed E-state index contributed by atoms with van der Waals surface area (Å²) in [5.41, 5.74) is 6.73. The standard InChI is InChI=1S/C10H12N2S/c11-6-10(12)8-13-7-9-4-2-1-3-5-9/h1-5,10H,7-8,12H2. The minimum atomic E-state index is -0.339. The van der Waals surface area contributed by atoms with Crippen LogP contribution in [0.15, 0.2) is 30.3 Å². The molecule has 0 heterocycles. The molecule has 2 nitrogen and oxygen atoms in total. The highest BCUT2D eigenvalue weighted by Crippen LogP contribution is 2.11. The summed E-state index contributed by atoms with van der Waals surface area (Å²) in [6.07, 6.45) is 0. The van der Waals surface area contributed by atoms with Crippen LogP contribution in [-0.2, 0) is 5.75 Å². The number of hydrogen-bond donors (Lipinski definition) is 1. The van der Waals surface area contributed by atoms with E-state index in [-0.39, 0.29) is 6.04 Å². The third-order valence-electron chi connectivity index (χ3n) is 1.57. The zero-order valence-corrected chi connectivity index (χ0v) is 8.13. The van der Waals surface area contributed by atoms with E-state index in [0.717, 1.165) is 5.75 Å². The van der Waals surface area contributed by atoms with Crippen molar-refractivity contribution in [2.45, 2.75) is 11.8 Å². The van der Waals surface area contributed by atoms with Crippen LogP contribution in [0.4, 0.5) is 0 Å². The molecule has 1 aromatic rings. The van der Waals surface area contributed by atoms with E-state index in [0.29, 0.717) is 5.75 Å². The Morgan fingerprint density at radius 3 is 2.69 bits per heavy atom. The van der Waals surface area contributed by atoms with Crippen molar-refractivity contribution in [1.29, 1.82) is 5.26 Å². The van der Waals surface area contributed by atoms with Crippen LogP contribution >= 0.6 is 11.8 Å². The molecular weight excluding hydrogens is 180 g/mol. The first-order valence-electron chi connectivity index (χ1n) is 4.10. The summed E-state index contributed by atoms with van der Waals surface area (Å²) in [6.45, 7) is 0. The van der Waals surface area contributed by atoms with Crippen LogP contribution in [0.5, 0.6) is 0 Å². The minimum Gasteiger partial charge on any atom is -0.315 e. The lowest BCUT2D eigenvalue weighted by Crippen LogP contribution is -2.19. The average molecular weight is 192 g/mol. The quantitative estimate of drug-likeness (QED) is 0.791. The zero-order valence-electron chi connectivity index (χ0n) is 7.31. The number of thioether (sulfide) groups is 1. The van der Waals surface area contributed by atoms with E-state index < -0.39 is 0 Å². The second-order valence-electron chi connectivity index (χ2n) is 2.74. The van der Waals surface area contributed by atoms with Gasteiger partial charge in [-0.25, -0.2) is 0 Å². The van der Waals surface area contributed by atoms with Gasteiger partial charge in [0.25, 0.3) is 0 Å². The molecule has 1 rings (SSSR count). The Labute approximate surface area is 82.7 Å². The van der Waals surface area contributed by atoms with E-state index in [1.54, 1.807) is 11.8 Å². The summed E-state index contributed by atoms with van der Waals surface area (Å²) in [7, 11) is 0. The molecule has 13 heavy (non-hydrogen) atoms. The Kier molecular flexibility index (Phi) is 4.37. The third-order valence-corrected chi connectivity index (χ3v) is 2.71. The molecule has 0 radical (unpaired) electrons. The Morgan fingerprint density at radius 1 is 1.38 bits per heavy atom. The molecule has 1 aromatic carbocycles. The van der Waals surface area contributed by atoms with Crippen molar-refractivity contribution in [3.8, 4) is 6.07 Å². The van der Waals surface area contributed by atoms with Crippen LogP contribution < -0.4 is 5.73 Å². The van der Waals surface area contributed by atoms with Crippen LogP contribution in [0.25, 0.3) is 0 Å². The van der Waals surface area contributed by atoms with E-state index in [4.69, 9.17) is 11.0 Å². The average Bonchev–Trinajstić information content (AvgIpc) is 2.19. The largest absolute Gasteiger partial charge is 0.315 e. The van der Waals surface area contributed by atoms with Crippen molar-refractivity contribution in [2.24, 2.45) is 5.73 Å². The molecule has 1 atom stereocenters. The molecule has 0 bridgehead atoms. The topological polar surface area (TPSA) is 49.8 Å². The van der Waals surface area contributed by atoms with Crippen molar-refractivity contribution in [3.05, 3.63) is 35.9 Å². The number of nitrogens with zero attached hydrogens (tertiary/aromatic N) is 1. The third kappa shape index (κ3) is 3.97. The Balaban J connectivity index is 2.25. The molecule has 0 saturated carbocycles. The zero-order chi connectivity index (χ0) is 9.52. The SMILES string of the molecule is N#CC(N)CSCc1ccccc1. The summed E-state index contributed by atoms with van der Waals surface area (Å²) in [4.78, 5) is 0. The highest BCUT2D eigenvalue weighted by molar-refractivity contribution is 7.98. The summed E-state index contributed by atoms with van der Waals surface area (Å²) in [5.74, 6) is 1.63. The van der Waals surface area contributed by atoms with Gasteiger partial charge in [0.15, 0.2) is 0 Å². The fourth-order valence-corrected chi connectivity index (χ4v) is 1.79. The maximum Gasteiger partial charge on any atom is 0.102 e. The van der Waals surface area contributed by atoms with Crippen molar-refractivity contribution in [1.82, 2.24) is 0 Å². The van der Waals surface area contributed by atoms with Crippen molar-refractivity contribution >= 4 is 11.8 Å². The highest BCUT2D eigenvalue weighted by atomic mass is 32.2. The number of benzene rings is 1. The predicted molar refractivity (Wildman–Crippen MR) is 56.2 cm³/mol. The second kappa shape index (κ2) is 5.63. The van der Waals surface area contributed by atoms with E-state index in [1.807, 2.05) is 24.3 Å². The fraction of sp³-hybridized carbons (Fsp3) is 0.300. The lowest BCUT2D eigenvalue weighted by Gasteiger charge is -2.02.